The predicted octanol–water partition coefficient (Wildman–Crippen LogP) is 2.29. The molecule has 19 heavy (non-hydrogen) atoms. The lowest BCUT2D eigenvalue weighted by atomic mass is 10.1. The quantitative estimate of drug-likeness (QED) is 0.885. The van der Waals surface area contributed by atoms with Crippen LogP contribution in [0.25, 0.3) is 0 Å². The van der Waals surface area contributed by atoms with E-state index in [-0.39, 0.29) is 12.1 Å². The number of carbonyl (C=O) groups excluding carboxylic acids is 1. The van der Waals surface area contributed by atoms with Crippen molar-refractivity contribution in [2.75, 3.05) is 6.54 Å². The van der Waals surface area contributed by atoms with Gasteiger partial charge in [-0.3, -0.25) is 4.79 Å². The van der Waals surface area contributed by atoms with Gasteiger partial charge in [-0.15, -0.1) is 0 Å². The standard InChI is InChI=1S/C15H14FNO2/c16-13-9-5-4-8-12(13)15(19)17-10-14(18)11-6-2-1-3-7-11/h1-9,14,18H,10H2,(H,17,19). The Kier molecular flexibility index (Phi) is 4.26. The van der Waals surface area contributed by atoms with Gasteiger partial charge < -0.3 is 10.4 Å². The highest BCUT2D eigenvalue weighted by Crippen LogP contribution is 2.11. The topological polar surface area (TPSA) is 49.3 Å². The van der Waals surface area contributed by atoms with E-state index in [0.717, 1.165) is 0 Å². The zero-order chi connectivity index (χ0) is 13.7. The van der Waals surface area contributed by atoms with E-state index < -0.39 is 17.8 Å². The van der Waals surface area contributed by atoms with Crippen molar-refractivity contribution in [3.63, 3.8) is 0 Å². The average Bonchev–Trinajstić information content (AvgIpc) is 2.46. The van der Waals surface area contributed by atoms with E-state index >= 15 is 0 Å². The molecular weight excluding hydrogens is 245 g/mol. The average molecular weight is 259 g/mol. The van der Waals surface area contributed by atoms with Gasteiger partial charge in [0.25, 0.3) is 5.91 Å². The van der Waals surface area contributed by atoms with Crippen molar-refractivity contribution in [2.45, 2.75) is 6.10 Å². The minimum Gasteiger partial charge on any atom is -0.387 e. The van der Waals surface area contributed by atoms with Gasteiger partial charge in [0.2, 0.25) is 0 Å². The molecule has 0 saturated heterocycles. The van der Waals surface area contributed by atoms with Crippen LogP contribution in [0.1, 0.15) is 22.0 Å². The number of hydrogen-bond acceptors (Lipinski definition) is 2. The normalized spacial score (nSPS) is 11.9. The van der Waals surface area contributed by atoms with Crippen LogP contribution in [0.5, 0.6) is 0 Å². The molecule has 0 aliphatic carbocycles. The molecule has 0 aliphatic rings. The number of nitrogens with one attached hydrogen (secondary N) is 1. The number of amides is 1. The van der Waals surface area contributed by atoms with E-state index in [0.29, 0.717) is 5.56 Å². The molecule has 0 spiro atoms. The van der Waals surface area contributed by atoms with Crippen LogP contribution in [0.3, 0.4) is 0 Å². The van der Waals surface area contributed by atoms with Gasteiger partial charge in [-0.25, -0.2) is 4.39 Å². The van der Waals surface area contributed by atoms with Crippen molar-refractivity contribution in [3.05, 3.63) is 71.5 Å². The van der Waals surface area contributed by atoms with Gasteiger partial charge in [-0.05, 0) is 17.7 Å². The first-order valence-corrected chi connectivity index (χ1v) is 5.94. The van der Waals surface area contributed by atoms with E-state index in [1.54, 1.807) is 30.3 Å². The molecule has 1 atom stereocenters. The Balaban J connectivity index is 1.96. The number of aliphatic hydroxyl groups is 1. The highest BCUT2D eigenvalue weighted by Gasteiger charge is 2.13. The largest absolute Gasteiger partial charge is 0.387 e. The van der Waals surface area contributed by atoms with E-state index in [2.05, 4.69) is 5.32 Å². The van der Waals surface area contributed by atoms with E-state index in [4.69, 9.17) is 0 Å². The molecule has 0 aliphatic heterocycles. The van der Waals surface area contributed by atoms with Crippen LogP contribution in [0.15, 0.2) is 54.6 Å². The molecule has 0 radical (unpaired) electrons. The van der Waals surface area contributed by atoms with Crippen LogP contribution in [0, 0.1) is 5.82 Å². The van der Waals surface area contributed by atoms with E-state index in [1.807, 2.05) is 6.07 Å². The number of hydrogen-bond donors (Lipinski definition) is 2. The summed E-state index contributed by atoms with van der Waals surface area (Å²) in [6.07, 6.45) is -0.808. The summed E-state index contributed by atoms with van der Waals surface area (Å²) in [5.41, 5.74) is 0.680. The monoisotopic (exact) mass is 259 g/mol. The second-order valence-electron chi connectivity index (χ2n) is 4.12. The minimum absolute atomic E-state index is 0.0252. The SMILES string of the molecule is O=C(NCC(O)c1ccccc1)c1ccccc1F. The molecule has 2 aromatic carbocycles. The first kappa shape index (κ1) is 13.2. The Morgan fingerprint density at radius 2 is 1.74 bits per heavy atom. The fourth-order valence-electron chi connectivity index (χ4n) is 1.72. The third-order valence-electron chi connectivity index (χ3n) is 2.76. The Hall–Kier alpha value is -2.20. The lowest BCUT2D eigenvalue weighted by Gasteiger charge is -2.12. The molecule has 2 rings (SSSR count). The second-order valence-corrected chi connectivity index (χ2v) is 4.12. The summed E-state index contributed by atoms with van der Waals surface area (Å²) < 4.78 is 13.4. The maximum absolute atomic E-state index is 13.4. The van der Waals surface area contributed by atoms with Gasteiger partial charge in [0, 0.05) is 6.54 Å². The zero-order valence-electron chi connectivity index (χ0n) is 10.2. The van der Waals surface area contributed by atoms with Crippen LogP contribution >= 0.6 is 0 Å². The van der Waals surface area contributed by atoms with Crippen LogP contribution in [-0.4, -0.2) is 17.6 Å². The van der Waals surface area contributed by atoms with Crippen molar-refractivity contribution < 1.29 is 14.3 Å². The maximum atomic E-state index is 13.4. The Bertz CT molecular complexity index is 557. The summed E-state index contributed by atoms with van der Waals surface area (Å²) in [4.78, 5) is 11.7. The minimum atomic E-state index is -0.808. The lowest BCUT2D eigenvalue weighted by Crippen LogP contribution is -2.29. The lowest BCUT2D eigenvalue weighted by molar-refractivity contribution is 0.0912. The summed E-state index contributed by atoms with van der Waals surface area (Å²) in [5.74, 6) is -1.11. The molecule has 1 amide bonds. The fraction of sp³-hybridized carbons (Fsp3) is 0.133. The number of carbonyl (C=O) groups is 1. The van der Waals surface area contributed by atoms with Crippen LogP contribution in [-0.2, 0) is 0 Å². The summed E-state index contributed by atoms with van der Waals surface area (Å²) >= 11 is 0. The molecule has 2 N–H and O–H groups in total. The summed E-state index contributed by atoms with van der Waals surface area (Å²) in [7, 11) is 0. The van der Waals surface area contributed by atoms with Crippen molar-refractivity contribution in [1.29, 1.82) is 0 Å². The van der Waals surface area contributed by atoms with Gasteiger partial charge in [-0.2, -0.15) is 0 Å². The van der Waals surface area contributed by atoms with Gasteiger partial charge in [0.15, 0.2) is 0 Å². The third-order valence-corrected chi connectivity index (χ3v) is 2.76. The Morgan fingerprint density at radius 1 is 1.11 bits per heavy atom. The highest BCUT2D eigenvalue weighted by atomic mass is 19.1. The van der Waals surface area contributed by atoms with Crippen LogP contribution in [0.2, 0.25) is 0 Å². The molecule has 0 saturated carbocycles. The first-order valence-electron chi connectivity index (χ1n) is 5.94. The van der Waals surface area contributed by atoms with Gasteiger partial charge in [0.1, 0.15) is 5.82 Å². The Morgan fingerprint density at radius 3 is 2.42 bits per heavy atom. The van der Waals surface area contributed by atoms with E-state index in [1.165, 1.54) is 18.2 Å². The molecule has 0 bridgehead atoms. The summed E-state index contributed by atoms with van der Waals surface area (Å²) in [5, 5.41) is 12.4. The second kappa shape index (κ2) is 6.11. The molecular formula is C15H14FNO2. The molecule has 0 aromatic heterocycles. The van der Waals surface area contributed by atoms with E-state index in [9.17, 15) is 14.3 Å². The number of aliphatic hydroxyl groups excluding tert-OH is 1. The molecule has 98 valence electrons. The fourth-order valence-corrected chi connectivity index (χ4v) is 1.72. The van der Waals surface area contributed by atoms with Gasteiger partial charge in [0.05, 0.1) is 11.7 Å². The summed E-state index contributed by atoms with van der Waals surface area (Å²) in [6, 6.07) is 14.7. The third kappa shape index (κ3) is 3.39. The van der Waals surface area contributed by atoms with Crippen molar-refractivity contribution in [1.82, 2.24) is 5.32 Å². The highest BCUT2D eigenvalue weighted by molar-refractivity contribution is 5.94. The van der Waals surface area contributed by atoms with Crippen molar-refractivity contribution in [2.24, 2.45) is 0 Å². The Labute approximate surface area is 110 Å². The predicted molar refractivity (Wildman–Crippen MR) is 70.1 cm³/mol. The molecule has 0 fully saturated rings. The first-order chi connectivity index (χ1) is 9.18. The molecule has 0 heterocycles. The van der Waals surface area contributed by atoms with Gasteiger partial charge >= 0.3 is 0 Å². The van der Waals surface area contributed by atoms with Crippen LogP contribution in [0.4, 0.5) is 4.39 Å². The van der Waals surface area contributed by atoms with Crippen molar-refractivity contribution in [3.8, 4) is 0 Å². The molecule has 2 aromatic rings. The van der Waals surface area contributed by atoms with Crippen LogP contribution < -0.4 is 5.32 Å². The number of rotatable bonds is 4. The van der Waals surface area contributed by atoms with Crippen molar-refractivity contribution >= 4 is 5.91 Å². The zero-order valence-corrected chi connectivity index (χ0v) is 10.2. The van der Waals surface area contributed by atoms with Gasteiger partial charge in [-0.1, -0.05) is 42.5 Å². The maximum Gasteiger partial charge on any atom is 0.254 e. The number of benzene rings is 2. The summed E-state index contributed by atoms with van der Waals surface area (Å²) in [6.45, 7) is 0.0389. The smallest absolute Gasteiger partial charge is 0.254 e. The molecule has 3 nitrogen and oxygen atoms in total. The molecule has 4 heteroatoms. The number of halogens is 1. The molecule has 1 unspecified atom stereocenters.